The third-order valence-corrected chi connectivity index (χ3v) is 2.30. The van der Waals surface area contributed by atoms with Gasteiger partial charge in [-0.25, -0.2) is 9.97 Å². The van der Waals surface area contributed by atoms with Crippen LogP contribution in [0, 0.1) is 6.08 Å². The number of fused-ring (bicyclic) bond motifs is 3. The van der Waals surface area contributed by atoms with E-state index in [0.717, 1.165) is 16.3 Å². The van der Waals surface area contributed by atoms with Crippen molar-refractivity contribution >= 4 is 21.8 Å². The fraction of sp³-hybridized carbons (Fsp3) is 0. The van der Waals surface area contributed by atoms with Crippen molar-refractivity contribution in [3.8, 4) is 0 Å². The van der Waals surface area contributed by atoms with Gasteiger partial charge >= 0.3 is 6.08 Å². The van der Waals surface area contributed by atoms with Gasteiger partial charge in [-0.05, 0) is 12.1 Å². The van der Waals surface area contributed by atoms with Gasteiger partial charge in [0.15, 0.2) is 0 Å². The van der Waals surface area contributed by atoms with Crippen molar-refractivity contribution < 1.29 is 4.39 Å². The molecule has 1 aromatic carbocycles. The van der Waals surface area contributed by atoms with E-state index < -0.39 is 6.08 Å². The Kier molecular flexibility index (Phi) is 1.62. The smallest absolute Gasteiger partial charge is 0.255 e. The molecule has 0 atom stereocenters. The van der Waals surface area contributed by atoms with Gasteiger partial charge in [-0.2, -0.15) is 4.39 Å². The second kappa shape index (κ2) is 2.95. The Balaban J connectivity index is 2.55. The monoisotopic (exact) mass is 199 g/mol. The number of halogens is 1. The highest BCUT2D eigenvalue weighted by molar-refractivity contribution is 6.02. The Bertz CT molecular complexity index is 651. The van der Waals surface area contributed by atoms with Crippen LogP contribution in [0.2, 0.25) is 0 Å². The summed E-state index contributed by atoms with van der Waals surface area (Å²) in [5, 5.41) is 1.77. The van der Waals surface area contributed by atoms with Gasteiger partial charge in [0.25, 0.3) is 0 Å². The summed E-state index contributed by atoms with van der Waals surface area (Å²) < 4.78 is 12.8. The fourth-order valence-corrected chi connectivity index (χ4v) is 1.63. The van der Waals surface area contributed by atoms with Gasteiger partial charge in [0.2, 0.25) is 0 Å². The molecule has 2 heterocycles. The van der Waals surface area contributed by atoms with Gasteiger partial charge in [0.05, 0.1) is 11.0 Å². The predicted octanol–water partition coefficient (Wildman–Crippen LogP) is 2.32. The zero-order chi connectivity index (χ0) is 10.3. The molecule has 0 aliphatic heterocycles. The number of aromatic nitrogens is 3. The first-order valence-corrected chi connectivity index (χ1v) is 4.50. The standard InChI is InChI=1S/C11H6FN3/c12-11-14-6-8-9(15-11)4-3-7-2-1-5-13-10(7)8/h1-6H. The third kappa shape index (κ3) is 1.22. The molecule has 3 aromatic rings. The van der Waals surface area contributed by atoms with Gasteiger partial charge in [-0.3, -0.25) is 4.98 Å². The van der Waals surface area contributed by atoms with Crippen molar-refractivity contribution in [2.45, 2.75) is 0 Å². The van der Waals surface area contributed by atoms with Gasteiger partial charge in [-0.1, -0.05) is 12.1 Å². The first-order valence-electron chi connectivity index (χ1n) is 4.50. The minimum absolute atomic E-state index is 0.578. The molecular weight excluding hydrogens is 193 g/mol. The average molecular weight is 199 g/mol. The van der Waals surface area contributed by atoms with E-state index >= 15 is 0 Å². The van der Waals surface area contributed by atoms with E-state index in [1.807, 2.05) is 18.2 Å². The van der Waals surface area contributed by atoms with Crippen LogP contribution in [0.15, 0.2) is 36.7 Å². The lowest BCUT2D eigenvalue weighted by molar-refractivity contribution is 0.544. The molecule has 3 rings (SSSR count). The summed E-state index contributed by atoms with van der Waals surface area (Å²) in [7, 11) is 0. The molecule has 0 unspecified atom stereocenters. The van der Waals surface area contributed by atoms with Crippen molar-refractivity contribution in [3.05, 3.63) is 42.7 Å². The maximum atomic E-state index is 12.8. The molecule has 0 bridgehead atoms. The maximum Gasteiger partial charge on any atom is 0.309 e. The van der Waals surface area contributed by atoms with E-state index in [1.165, 1.54) is 6.20 Å². The molecule has 15 heavy (non-hydrogen) atoms. The normalized spacial score (nSPS) is 11.0. The van der Waals surface area contributed by atoms with Crippen molar-refractivity contribution in [2.75, 3.05) is 0 Å². The molecule has 0 spiro atoms. The van der Waals surface area contributed by atoms with Crippen LogP contribution in [-0.4, -0.2) is 15.0 Å². The van der Waals surface area contributed by atoms with E-state index in [4.69, 9.17) is 0 Å². The molecule has 0 N–H and O–H groups in total. The molecule has 0 radical (unpaired) electrons. The van der Waals surface area contributed by atoms with Crippen LogP contribution in [0.5, 0.6) is 0 Å². The summed E-state index contributed by atoms with van der Waals surface area (Å²) in [6.07, 6.45) is 2.45. The first kappa shape index (κ1) is 8.23. The highest BCUT2D eigenvalue weighted by Gasteiger charge is 2.03. The molecule has 0 saturated carbocycles. The Labute approximate surface area is 84.6 Å². The molecule has 72 valence electrons. The Hall–Kier alpha value is -2.10. The van der Waals surface area contributed by atoms with E-state index in [2.05, 4.69) is 15.0 Å². The number of hydrogen-bond donors (Lipinski definition) is 0. The van der Waals surface area contributed by atoms with Crippen LogP contribution in [0.4, 0.5) is 4.39 Å². The van der Waals surface area contributed by atoms with Crippen LogP contribution in [0.1, 0.15) is 0 Å². The molecule has 0 fully saturated rings. The van der Waals surface area contributed by atoms with E-state index in [9.17, 15) is 4.39 Å². The van der Waals surface area contributed by atoms with Crippen LogP contribution in [0.3, 0.4) is 0 Å². The molecule has 3 nitrogen and oxygen atoms in total. The second-order valence-electron chi connectivity index (χ2n) is 3.21. The van der Waals surface area contributed by atoms with Crippen molar-refractivity contribution in [1.82, 2.24) is 15.0 Å². The Morgan fingerprint density at radius 1 is 1.07 bits per heavy atom. The third-order valence-electron chi connectivity index (χ3n) is 2.30. The summed E-state index contributed by atoms with van der Waals surface area (Å²) >= 11 is 0. The van der Waals surface area contributed by atoms with Crippen molar-refractivity contribution in [3.63, 3.8) is 0 Å². The van der Waals surface area contributed by atoms with E-state index in [0.29, 0.717) is 5.52 Å². The first-order chi connectivity index (χ1) is 7.34. The summed E-state index contributed by atoms with van der Waals surface area (Å²) in [4.78, 5) is 11.5. The van der Waals surface area contributed by atoms with Crippen molar-refractivity contribution in [1.29, 1.82) is 0 Å². The quantitative estimate of drug-likeness (QED) is 0.412. The van der Waals surface area contributed by atoms with E-state index in [-0.39, 0.29) is 0 Å². The minimum atomic E-state index is -0.710. The lowest BCUT2D eigenvalue weighted by Crippen LogP contribution is -1.90. The molecule has 0 saturated heterocycles. The summed E-state index contributed by atoms with van der Waals surface area (Å²) in [5.74, 6) is 0. The largest absolute Gasteiger partial charge is 0.309 e. The number of nitrogens with zero attached hydrogens (tertiary/aromatic N) is 3. The lowest BCUT2D eigenvalue weighted by atomic mass is 10.1. The molecule has 0 aliphatic carbocycles. The zero-order valence-corrected chi connectivity index (χ0v) is 7.68. The predicted molar refractivity (Wildman–Crippen MR) is 54.8 cm³/mol. The lowest BCUT2D eigenvalue weighted by Gasteiger charge is -2.00. The fourth-order valence-electron chi connectivity index (χ4n) is 1.63. The number of benzene rings is 1. The Morgan fingerprint density at radius 2 is 2.00 bits per heavy atom. The molecule has 0 aliphatic rings. The number of hydrogen-bond acceptors (Lipinski definition) is 3. The van der Waals surface area contributed by atoms with Gasteiger partial charge in [0, 0.05) is 23.2 Å². The Morgan fingerprint density at radius 3 is 2.93 bits per heavy atom. The minimum Gasteiger partial charge on any atom is -0.255 e. The maximum absolute atomic E-state index is 12.8. The number of pyridine rings is 1. The SMILES string of the molecule is Fc1ncc2c(ccc3cccnc32)n1. The van der Waals surface area contributed by atoms with Crippen molar-refractivity contribution in [2.24, 2.45) is 0 Å². The number of rotatable bonds is 0. The summed E-state index contributed by atoms with van der Waals surface area (Å²) in [5.41, 5.74) is 1.38. The van der Waals surface area contributed by atoms with Crippen LogP contribution < -0.4 is 0 Å². The summed E-state index contributed by atoms with van der Waals surface area (Å²) in [6.45, 7) is 0. The van der Waals surface area contributed by atoms with E-state index in [1.54, 1.807) is 12.3 Å². The summed E-state index contributed by atoms with van der Waals surface area (Å²) in [6, 6.07) is 7.45. The van der Waals surface area contributed by atoms with Crippen LogP contribution >= 0.6 is 0 Å². The molecule has 4 heteroatoms. The zero-order valence-electron chi connectivity index (χ0n) is 7.68. The second-order valence-corrected chi connectivity index (χ2v) is 3.21. The average Bonchev–Trinajstić information content (AvgIpc) is 2.28. The highest BCUT2D eigenvalue weighted by atomic mass is 19.1. The topological polar surface area (TPSA) is 38.7 Å². The van der Waals surface area contributed by atoms with Gasteiger partial charge in [-0.15, -0.1) is 0 Å². The van der Waals surface area contributed by atoms with Crippen LogP contribution in [0.25, 0.3) is 21.8 Å². The van der Waals surface area contributed by atoms with Gasteiger partial charge < -0.3 is 0 Å². The molecular formula is C11H6FN3. The molecule has 2 aromatic heterocycles. The highest BCUT2D eigenvalue weighted by Crippen LogP contribution is 2.20. The van der Waals surface area contributed by atoms with Gasteiger partial charge in [0.1, 0.15) is 0 Å². The van der Waals surface area contributed by atoms with Crippen LogP contribution in [-0.2, 0) is 0 Å². The molecule has 0 amide bonds.